The van der Waals surface area contributed by atoms with Gasteiger partial charge in [0.15, 0.2) is 0 Å². The van der Waals surface area contributed by atoms with Gasteiger partial charge >= 0.3 is 0 Å². The number of carbonyl (C=O) groups is 2. The van der Waals surface area contributed by atoms with Gasteiger partial charge in [0.1, 0.15) is 6.04 Å². The molecule has 1 saturated heterocycles. The molecule has 0 radical (unpaired) electrons. The molecule has 7 heteroatoms. The maximum atomic E-state index is 12.7. The van der Waals surface area contributed by atoms with E-state index in [2.05, 4.69) is 5.32 Å². The van der Waals surface area contributed by atoms with Crippen molar-refractivity contribution in [3.05, 3.63) is 0 Å². The predicted octanol–water partition coefficient (Wildman–Crippen LogP) is 0.783. The first-order chi connectivity index (χ1) is 10.5. The summed E-state index contributed by atoms with van der Waals surface area (Å²) in [6, 6.07) is -0.454. The Hall–Kier alpha value is -0.850. The molecule has 0 spiro atoms. The summed E-state index contributed by atoms with van der Waals surface area (Å²) in [6.07, 6.45) is 2.94. The lowest BCUT2D eigenvalue weighted by Crippen LogP contribution is -2.55. The molecule has 0 aromatic rings. The fourth-order valence-electron chi connectivity index (χ4n) is 3.42. The summed E-state index contributed by atoms with van der Waals surface area (Å²) in [5, 5.41) is 2.99. The number of rotatable bonds is 5. The predicted molar refractivity (Wildman–Crippen MR) is 91.3 cm³/mol. The number of carbonyl (C=O) groups excluding carboxylic acids is 2. The zero-order valence-electron chi connectivity index (χ0n) is 14.1. The number of nitrogens with two attached hydrogens (primary N) is 1. The van der Waals surface area contributed by atoms with E-state index in [1.807, 2.05) is 13.8 Å². The minimum Gasteiger partial charge on any atom is -0.378 e. The Morgan fingerprint density at radius 2 is 1.91 bits per heavy atom. The molecule has 3 N–H and O–H groups in total. The zero-order valence-corrected chi connectivity index (χ0v) is 14.9. The van der Waals surface area contributed by atoms with Gasteiger partial charge in [0.25, 0.3) is 0 Å². The lowest BCUT2D eigenvalue weighted by Gasteiger charge is -2.33. The first-order valence-corrected chi connectivity index (χ1v) is 8.41. The van der Waals surface area contributed by atoms with Gasteiger partial charge in [0.05, 0.1) is 13.2 Å². The van der Waals surface area contributed by atoms with E-state index in [-0.39, 0.29) is 42.0 Å². The molecule has 1 aliphatic carbocycles. The van der Waals surface area contributed by atoms with Crippen molar-refractivity contribution in [2.45, 2.75) is 39.2 Å². The monoisotopic (exact) mass is 347 g/mol. The van der Waals surface area contributed by atoms with E-state index in [9.17, 15) is 9.59 Å². The maximum Gasteiger partial charge on any atom is 0.245 e. The Bertz CT molecular complexity index is 400. The lowest BCUT2D eigenvalue weighted by molar-refractivity contribution is -0.142. The van der Waals surface area contributed by atoms with Crippen LogP contribution in [0.4, 0.5) is 0 Å². The van der Waals surface area contributed by atoms with Crippen molar-refractivity contribution in [3.63, 3.8) is 0 Å². The molecule has 2 rings (SSSR count). The Balaban J connectivity index is 0.00000264. The Kier molecular flexibility index (Phi) is 8.29. The van der Waals surface area contributed by atoms with Gasteiger partial charge < -0.3 is 20.7 Å². The number of halogens is 1. The largest absolute Gasteiger partial charge is 0.378 e. The van der Waals surface area contributed by atoms with Crippen LogP contribution in [0.15, 0.2) is 0 Å². The highest BCUT2D eigenvalue weighted by Crippen LogP contribution is 2.31. The van der Waals surface area contributed by atoms with Crippen LogP contribution < -0.4 is 11.1 Å². The van der Waals surface area contributed by atoms with Gasteiger partial charge in [-0.25, -0.2) is 0 Å². The average Bonchev–Trinajstić information content (AvgIpc) is 3.01. The van der Waals surface area contributed by atoms with Crippen LogP contribution in [0.25, 0.3) is 0 Å². The molecule has 1 heterocycles. The molecule has 1 unspecified atom stereocenters. The first kappa shape index (κ1) is 20.2. The van der Waals surface area contributed by atoms with Crippen LogP contribution >= 0.6 is 12.4 Å². The van der Waals surface area contributed by atoms with E-state index in [0.717, 1.165) is 19.3 Å². The molecule has 0 bridgehead atoms. The third-order valence-electron chi connectivity index (χ3n) is 4.85. The highest BCUT2D eigenvalue weighted by atomic mass is 35.5. The van der Waals surface area contributed by atoms with Gasteiger partial charge in [-0.1, -0.05) is 20.3 Å². The van der Waals surface area contributed by atoms with E-state index >= 15 is 0 Å². The van der Waals surface area contributed by atoms with E-state index in [4.69, 9.17) is 10.5 Å². The van der Waals surface area contributed by atoms with Crippen LogP contribution in [0.1, 0.15) is 33.1 Å². The number of nitrogens with one attached hydrogen (secondary N) is 1. The molecule has 2 aliphatic rings. The average molecular weight is 348 g/mol. The minimum atomic E-state index is -0.454. The second-order valence-corrected chi connectivity index (χ2v) is 6.70. The molecule has 1 saturated carbocycles. The quantitative estimate of drug-likeness (QED) is 0.769. The summed E-state index contributed by atoms with van der Waals surface area (Å²) < 4.78 is 5.29. The van der Waals surface area contributed by atoms with Gasteiger partial charge in [0, 0.05) is 19.0 Å². The second-order valence-electron chi connectivity index (χ2n) is 6.70. The van der Waals surface area contributed by atoms with E-state index in [1.54, 1.807) is 4.90 Å². The van der Waals surface area contributed by atoms with Crippen molar-refractivity contribution < 1.29 is 14.3 Å². The number of morpholine rings is 1. The van der Waals surface area contributed by atoms with Gasteiger partial charge in [-0.15, -0.1) is 12.4 Å². The number of amides is 2. The smallest absolute Gasteiger partial charge is 0.245 e. The first-order valence-electron chi connectivity index (χ1n) is 8.41. The van der Waals surface area contributed by atoms with Crippen molar-refractivity contribution in [1.82, 2.24) is 10.2 Å². The van der Waals surface area contributed by atoms with Crippen molar-refractivity contribution in [3.8, 4) is 0 Å². The summed E-state index contributed by atoms with van der Waals surface area (Å²) in [4.78, 5) is 27.0. The van der Waals surface area contributed by atoms with Crippen LogP contribution in [-0.4, -0.2) is 55.6 Å². The molecular formula is C16H30ClN3O3. The maximum absolute atomic E-state index is 12.7. The summed E-state index contributed by atoms with van der Waals surface area (Å²) in [5.74, 6) is 0.286. The third-order valence-corrected chi connectivity index (χ3v) is 4.85. The van der Waals surface area contributed by atoms with Crippen LogP contribution in [0.2, 0.25) is 0 Å². The third kappa shape index (κ3) is 5.06. The molecule has 0 aromatic carbocycles. The van der Waals surface area contributed by atoms with Gasteiger partial charge in [-0.3, -0.25) is 9.59 Å². The van der Waals surface area contributed by atoms with Crippen LogP contribution in [0.3, 0.4) is 0 Å². The molecule has 1 aliphatic heterocycles. The van der Waals surface area contributed by atoms with E-state index < -0.39 is 6.04 Å². The van der Waals surface area contributed by atoms with Crippen molar-refractivity contribution in [2.75, 3.05) is 32.8 Å². The highest BCUT2D eigenvalue weighted by Gasteiger charge is 2.36. The van der Waals surface area contributed by atoms with Crippen LogP contribution in [-0.2, 0) is 14.3 Å². The van der Waals surface area contributed by atoms with Crippen molar-refractivity contribution in [1.29, 1.82) is 0 Å². The number of hydrogen-bond donors (Lipinski definition) is 2. The summed E-state index contributed by atoms with van der Waals surface area (Å²) in [5.41, 5.74) is 5.76. The Labute approximate surface area is 144 Å². The molecule has 0 aromatic heterocycles. The highest BCUT2D eigenvalue weighted by molar-refractivity contribution is 5.89. The molecule has 3 atom stereocenters. The van der Waals surface area contributed by atoms with Gasteiger partial charge in [-0.2, -0.15) is 0 Å². The number of ether oxygens (including phenoxy) is 1. The summed E-state index contributed by atoms with van der Waals surface area (Å²) >= 11 is 0. The molecule has 2 amide bonds. The summed E-state index contributed by atoms with van der Waals surface area (Å²) in [6.45, 7) is 6.84. The Morgan fingerprint density at radius 3 is 2.48 bits per heavy atom. The summed E-state index contributed by atoms with van der Waals surface area (Å²) in [7, 11) is 0. The van der Waals surface area contributed by atoms with E-state index in [1.165, 1.54) is 0 Å². The topological polar surface area (TPSA) is 84.7 Å². The van der Waals surface area contributed by atoms with Crippen LogP contribution in [0, 0.1) is 17.8 Å². The van der Waals surface area contributed by atoms with E-state index in [0.29, 0.717) is 32.8 Å². The second kappa shape index (κ2) is 9.45. The number of nitrogens with zero attached hydrogens (tertiary/aromatic N) is 1. The fraction of sp³-hybridized carbons (Fsp3) is 0.875. The minimum absolute atomic E-state index is 0. The molecule has 23 heavy (non-hydrogen) atoms. The lowest BCUT2D eigenvalue weighted by atomic mass is 9.94. The Morgan fingerprint density at radius 1 is 1.26 bits per heavy atom. The zero-order chi connectivity index (χ0) is 16.1. The molecular weight excluding hydrogens is 318 g/mol. The van der Waals surface area contributed by atoms with Crippen molar-refractivity contribution in [2.24, 2.45) is 23.5 Å². The fourth-order valence-corrected chi connectivity index (χ4v) is 3.42. The normalized spacial score (nSPS) is 25.8. The molecule has 6 nitrogen and oxygen atoms in total. The number of hydrogen-bond acceptors (Lipinski definition) is 4. The standard InChI is InChI=1S/C16H29N3O3.ClH/c1-11(2)14(16(21)19-6-8-22-9-7-19)18-15(20)13-5-3-4-12(13)10-17;/h11-14H,3-10,17H2,1-2H3,(H,18,20);1H/t12-,13-,14?;/m1./s1. The van der Waals surface area contributed by atoms with Gasteiger partial charge in [0.2, 0.25) is 11.8 Å². The van der Waals surface area contributed by atoms with Crippen molar-refractivity contribution >= 4 is 24.2 Å². The van der Waals surface area contributed by atoms with Crippen LogP contribution in [0.5, 0.6) is 0 Å². The molecule has 2 fully saturated rings. The molecule has 134 valence electrons. The SMILES string of the molecule is CC(C)C(NC(=O)[C@@H]1CCC[C@@H]1CN)C(=O)N1CCOCC1.Cl. The van der Waals surface area contributed by atoms with Gasteiger partial charge in [-0.05, 0) is 31.2 Å².